The Bertz CT molecular complexity index is 648. The Labute approximate surface area is 131 Å². The van der Waals surface area contributed by atoms with Crippen LogP contribution < -0.4 is 0 Å². The van der Waals surface area contributed by atoms with Crippen LogP contribution in [-0.2, 0) is 4.74 Å². The van der Waals surface area contributed by atoms with E-state index in [1.54, 1.807) is 12.1 Å². The first-order valence-electron chi connectivity index (χ1n) is 7.89. The number of furan rings is 1. The van der Waals surface area contributed by atoms with E-state index in [1.807, 2.05) is 0 Å². The SMILES string of the molecule is CCC1=C[C@@]2(C)C(=CC[C@H](OC(=O)c3ccco3)[C@@H]2C)C=C1. The molecule has 0 N–H and O–H groups in total. The molecule has 3 atom stereocenters. The van der Waals surface area contributed by atoms with Gasteiger partial charge in [0, 0.05) is 17.8 Å². The highest BCUT2D eigenvalue weighted by Gasteiger charge is 2.42. The summed E-state index contributed by atoms with van der Waals surface area (Å²) < 4.78 is 10.8. The summed E-state index contributed by atoms with van der Waals surface area (Å²) in [6.07, 6.45) is 12.0. The van der Waals surface area contributed by atoms with Crippen LogP contribution in [0.15, 0.2) is 58.3 Å². The van der Waals surface area contributed by atoms with Gasteiger partial charge in [0.15, 0.2) is 0 Å². The van der Waals surface area contributed by atoms with Gasteiger partial charge in [0.1, 0.15) is 6.10 Å². The topological polar surface area (TPSA) is 39.4 Å². The fourth-order valence-electron chi connectivity index (χ4n) is 3.37. The average molecular weight is 298 g/mol. The molecule has 22 heavy (non-hydrogen) atoms. The van der Waals surface area contributed by atoms with E-state index < -0.39 is 0 Å². The molecule has 3 nitrogen and oxygen atoms in total. The van der Waals surface area contributed by atoms with Gasteiger partial charge >= 0.3 is 5.97 Å². The summed E-state index contributed by atoms with van der Waals surface area (Å²) in [4.78, 5) is 12.1. The monoisotopic (exact) mass is 298 g/mol. The van der Waals surface area contributed by atoms with Crippen molar-refractivity contribution in [1.29, 1.82) is 0 Å². The lowest BCUT2D eigenvalue weighted by atomic mass is 9.63. The van der Waals surface area contributed by atoms with Gasteiger partial charge < -0.3 is 9.15 Å². The maximum Gasteiger partial charge on any atom is 0.374 e. The van der Waals surface area contributed by atoms with Gasteiger partial charge in [0.05, 0.1) is 6.26 Å². The quantitative estimate of drug-likeness (QED) is 0.760. The number of rotatable bonds is 3. The van der Waals surface area contributed by atoms with Crippen molar-refractivity contribution in [3.8, 4) is 0 Å². The second-order valence-corrected chi connectivity index (χ2v) is 6.29. The highest BCUT2D eigenvalue weighted by atomic mass is 16.6. The van der Waals surface area contributed by atoms with Crippen LogP contribution in [0.3, 0.4) is 0 Å². The zero-order chi connectivity index (χ0) is 15.7. The van der Waals surface area contributed by atoms with Gasteiger partial charge in [-0.25, -0.2) is 4.79 Å². The van der Waals surface area contributed by atoms with E-state index in [1.165, 1.54) is 17.4 Å². The van der Waals surface area contributed by atoms with Crippen molar-refractivity contribution in [3.05, 3.63) is 59.6 Å². The number of carbonyl (C=O) groups excluding carboxylic acids is 1. The van der Waals surface area contributed by atoms with Crippen molar-refractivity contribution >= 4 is 5.97 Å². The lowest BCUT2D eigenvalue weighted by Gasteiger charge is -2.43. The van der Waals surface area contributed by atoms with E-state index in [-0.39, 0.29) is 29.2 Å². The zero-order valence-corrected chi connectivity index (χ0v) is 13.3. The molecular formula is C19H22O3. The summed E-state index contributed by atoms with van der Waals surface area (Å²) in [6.45, 7) is 6.56. The molecule has 3 heteroatoms. The first-order valence-corrected chi connectivity index (χ1v) is 7.89. The Morgan fingerprint density at radius 3 is 2.95 bits per heavy atom. The molecule has 0 unspecified atom stereocenters. The number of hydrogen-bond acceptors (Lipinski definition) is 3. The lowest BCUT2D eigenvalue weighted by Crippen LogP contribution is -2.40. The third kappa shape index (κ3) is 2.45. The van der Waals surface area contributed by atoms with Gasteiger partial charge in [-0.3, -0.25) is 0 Å². The van der Waals surface area contributed by atoms with Gasteiger partial charge in [-0.1, -0.05) is 50.6 Å². The minimum atomic E-state index is -0.381. The smallest absolute Gasteiger partial charge is 0.374 e. The molecule has 0 saturated carbocycles. The van der Waals surface area contributed by atoms with Crippen molar-refractivity contribution in [2.75, 3.05) is 0 Å². The second kappa shape index (κ2) is 5.64. The molecule has 2 aliphatic carbocycles. The van der Waals surface area contributed by atoms with Gasteiger partial charge in [-0.2, -0.15) is 0 Å². The maximum atomic E-state index is 12.1. The zero-order valence-electron chi connectivity index (χ0n) is 13.3. The Kier molecular flexibility index (Phi) is 3.81. The Balaban J connectivity index is 1.82. The molecule has 0 amide bonds. The van der Waals surface area contributed by atoms with Gasteiger partial charge in [0.25, 0.3) is 0 Å². The van der Waals surface area contributed by atoms with Crippen LogP contribution >= 0.6 is 0 Å². The van der Waals surface area contributed by atoms with Crippen LogP contribution in [0.2, 0.25) is 0 Å². The number of fused-ring (bicyclic) bond motifs is 1. The molecule has 0 radical (unpaired) electrons. The Hall–Kier alpha value is -2.03. The molecule has 3 rings (SSSR count). The maximum absolute atomic E-state index is 12.1. The molecule has 0 fully saturated rings. The summed E-state index contributed by atoms with van der Waals surface area (Å²) in [5, 5.41) is 0. The normalized spacial score (nSPS) is 30.3. The number of carbonyl (C=O) groups is 1. The first kappa shape index (κ1) is 14.9. The van der Waals surface area contributed by atoms with Crippen LogP contribution in [-0.4, -0.2) is 12.1 Å². The van der Waals surface area contributed by atoms with E-state index in [9.17, 15) is 4.79 Å². The predicted octanol–water partition coefficient (Wildman–Crippen LogP) is 4.68. The fourth-order valence-corrected chi connectivity index (χ4v) is 3.37. The minimum absolute atomic E-state index is 0.0769. The molecule has 0 aromatic carbocycles. The first-order chi connectivity index (χ1) is 10.5. The van der Waals surface area contributed by atoms with E-state index in [0.717, 1.165) is 12.8 Å². The van der Waals surface area contributed by atoms with Gasteiger partial charge in [-0.05, 0) is 24.1 Å². The summed E-state index contributed by atoms with van der Waals surface area (Å²) in [7, 11) is 0. The molecule has 0 aliphatic heterocycles. The van der Waals surface area contributed by atoms with Gasteiger partial charge in [-0.15, -0.1) is 0 Å². The molecule has 1 aromatic heterocycles. The molecule has 0 spiro atoms. The van der Waals surface area contributed by atoms with Crippen molar-refractivity contribution in [2.45, 2.75) is 39.7 Å². The van der Waals surface area contributed by atoms with Crippen LogP contribution in [0.25, 0.3) is 0 Å². The van der Waals surface area contributed by atoms with Crippen molar-refractivity contribution in [1.82, 2.24) is 0 Å². The summed E-state index contributed by atoms with van der Waals surface area (Å²) in [5.41, 5.74) is 2.58. The Morgan fingerprint density at radius 1 is 1.45 bits per heavy atom. The molecular weight excluding hydrogens is 276 g/mol. The molecule has 0 saturated heterocycles. The highest BCUT2D eigenvalue weighted by molar-refractivity contribution is 5.86. The van der Waals surface area contributed by atoms with E-state index >= 15 is 0 Å². The van der Waals surface area contributed by atoms with Gasteiger partial charge in [0.2, 0.25) is 5.76 Å². The number of allylic oxidation sites excluding steroid dienone is 5. The average Bonchev–Trinajstić information content (AvgIpc) is 3.05. The third-order valence-corrected chi connectivity index (χ3v) is 5.05. The summed E-state index contributed by atoms with van der Waals surface area (Å²) in [5.74, 6) is 0.103. The van der Waals surface area contributed by atoms with Crippen LogP contribution in [0.5, 0.6) is 0 Å². The van der Waals surface area contributed by atoms with E-state index in [4.69, 9.17) is 9.15 Å². The lowest BCUT2D eigenvalue weighted by molar-refractivity contribution is -0.00168. The van der Waals surface area contributed by atoms with Crippen molar-refractivity contribution in [2.24, 2.45) is 11.3 Å². The molecule has 1 heterocycles. The minimum Gasteiger partial charge on any atom is -0.457 e. The highest BCUT2D eigenvalue weighted by Crippen LogP contribution is 2.47. The van der Waals surface area contributed by atoms with E-state index in [0.29, 0.717) is 0 Å². The molecule has 2 aliphatic rings. The molecule has 1 aromatic rings. The number of esters is 1. The molecule has 116 valence electrons. The number of hydrogen-bond donors (Lipinski definition) is 0. The Morgan fingerprint density at radius 2 is 2.27 bits per heavy atom. The van der Waals surface area contributed by atoms with Crippen molar-refractivity contribution in [3.63, 3.8) is 0 Å². The standard InChI is InChI=1S/C19H22O3/c1-4-14-7-8-15-9-10-16(13(2)19(15,3)12-14)22-18(20)17-6-5-11-21-17/h5-9,11-13,16H,4,10H2,1-3H3/t13-,16-,19+/m0/s1. The third-order valence-electron chi connectivity index (χ3n) is 5.05. The van der Waals surface area contributed by atoms with E-state index in [2.05, 4.69) is 45.1 Å². The predicted molar refractivity (Wildman–Crippen MR) is 85.4 cm³/mol. The van der Waals surface area contributed by atoms with Crippen molar-refractivity contribution < 1.29 is 13.9 Å². The summed E-state index contributed by atoms with van der Waals surface area (Å²) >= 11 is 0. The second-order valence-electron chi connectivity index (χ2n) is 6.29. The number of ether oxygens (including phenoxy) is 1. The fraction of sp³-hybridized carbons (Fsp3) is 0.421. The van der Waals surface area contributed by atoms with Crippen LogP contribution in [0, 0.1) is 11.3 Å². The molecule has 0 bridgehead atoms. The largest absolute Gasteiger partial charge is 0.457 e. The van der Waals surface area contributed by atoms with Crippen LogP contribution in [0.4, 0.5) is 0 Å². The van der Waals surface area contributed by atoms with Crippen LogP contribution in [0.1, 0.15) is 44.2 Å². The summed E-state index contributed by atoms with van der Waals surface area (Å²) in [6, 6.07) is 3.33.